The van der Waals surface area contributed by atoms with Crippen LogP contribution in [0.15, 0.2) is 249 Å². The van der Waals surface area contributed by atoms with Crippen LogP contribution >= 0.6 is 0 Å². The third-order valence-corrected chi connectivity index (χ3v) is 14.6. The Balaban J connectivity index is 1.25. The first kappa shape index (κ1) is 38.6. The zero-order valence-corrected chi connectivity index (χ0v) is 37.9. The number of aromatic nitrogens is 5. The van der Waals surface area contributed by atoms with Crippen LogP contribution in [-0.4, -0.2) is 23.3 Å². The third-order valence-electron chi connectivity index (χ3n) is 14.6. The van der Waals surface area contributed by atoms with Crippen molar-refractivity contribution in [2.45, 2.75) is 0 Å². The first-order valence-corrected chi connectivity index (χ1v) is 24.0. The monoisotopic (exact) mass is 891 g/mol. The molecule has 11 aromatic carbocycles. The fourth-order valence-electron chi connectivity index (χ4n) is 11.8. The number of para-hydroxylation sites is 8. The molecule has 5 nitrogen and oxygen atoms in total. The summed E-state index contributed by atoms with van der Waals surface area (Å²) in [5.41, 5.74) is 14.3. The second-order valence-corrected chi connectivity index (χ2v) is 18.3. The minimum atomic E-state index is 0.937. The van der Waals surface area contributed by atoms with Gasteiger partial charge in [-0.05, 0) is 107 Å². The lowest BCUT2D eigenvalue weighted by Gasteiger charge is -2.23. The van der Waals surface area contributed by atoms with Gasteiger partial charge in [-0.3, -0.25) is 4.98 Å². The molecule has 0 radical (unpaired) electrons. The molecule has 4 aromatic heterocycles. The van der Waals surface area contributed by atoms with Crippen LogP contribution in [0.4, 0.5) is 0 Å². The molecule has 0 saturated heterocycles. The highest BCUT2D eigenvalue weighted by Gasteiger charge is 2.23. The SMILES string of the molecule is c1ccc(-n2c3ccccc3n(-c3ccccc3)c3cc4c(cc32)c2cccc(-n3c5ccccc5c5ccccc53)c2c2c(-n3c5ccccc5c5ccccc53)cccc2c2cccnc42)cc1. The topological polar surface area (TPSA) is 32.6 Å². The van der Waals surface area contributed by atoms with Gasteiger partial charge in [0, 0.05) is 60.7 Å². The van der Waals surface area contributed by atoms with Gasteiger partial charge < -0.3 is 18.3 Å². The summed E-state index contributed by atoms with van der Waals surface area (Å²) in [6.45, 7) is 0. The van der Waals surface area contributed by atoms with Crippen molar-refractivity contribution in [1.29, 1.82) is 0 Å². The fraction of sp³-hybridized carbons (Fsp3) is 0. The third kappa shape index (κ3) is 5.45. The molecule has 0 bridgehead atoms. The molecule has 4 heterocycles. The standard InChI is InChI=1S/C65H41N5/c1-3-20-42(21-4-1)67-57-35-15-16-36-58(57)68(43-22-5-2-6-23-43)62-41-52-51(40-61(62)67)49-29-18-38-60(70-55-33-13-9-26-46(55)47-27-10-14-34-56(47)70)64(49)63-48(50-30-19-39-66-65(50)52)28-17-37-59(63)69-53-31-11-7-24-44(53)45-25-8-12-32-54(45)69/h1-41H. The van der Waals surface area contributed by atoms with Gasteiger partial charge in [0.2, 0.25) is 0 Å². The highest BCUT2D eigenvalue weighted by molar-refractivity contribution is 6.30. The average molecular weight is 892 g/mol. The van der Waals surface area contributed by atoms with Crippen LogP contribution in [0.5, 0.6) is 0 Å². The molecule has 0 unspecified atom stereocenters. The first-order valence-electron chi connectivity index (χ1n) is 24.0. The summed E-state index contributed by atoms with van der Waals surface area (Å²) in [6.07, 6.45) is 1.95. The lowest BCUT2D eigenvalue weighted by atomic mass is 9.93. The van der Waals surface area contributed by atoms with Crippen LogP contribution in [-0.2, 0) is 0 Å². The Kier molecular flexibility index (Phi) is 8.29. The van der Waals surface area contributed by atoms with Gasteiger partial charge in [0.15, 0.2) is 0 Å². The lowest BCUT2D eigenvalue weighted by molar-refractivity contribution is 1.09. The Morgan fingerprint density at radius 3 is 1.04 bits per heavy atom. The van der Waals surface area contributed by atoms with E-state index in [2.05, 4.69) is 261 Å². The zero-order valence-electron chi connectivity index (χ0n) is 37.9. The van der Waals surface area contributed by atoms with E-state index in [0.29, 0.717) is 0 Å². The van der Waals surface area contributed by atoms with Gasteiger partial charge >= 0.3 is 0 Å². The smallest absolute Gasteiger partial charge is 0.0787 e. The molecule has 0 aliphatic carbocycles. The number of hydrogen-bond donors (Lipinski definition) is 0. The van der Waals surface area contributed by atoms with Crippen LogP contribution in [0.3, 0.4) is 0 Å². The predicted molar refractivity (Wildman–Crippen MR) is 294 cm³/mol. The van der Waals surface area contributed by atoms with Crippen molar-refractivity contribution in [3.05, 3.63) is 249 Å². The summed E-state index contributed by atoms with van der Waals surface area (Å²) in [4.78, 5) is 5.40. The summed E-state index contributed by atoms with van der Waals surface area (Å²) in [7, 11) is 0. The summed E-state index contributed by atoms with van der Waals surface area (Å²) in [6, 6.07) is 88.8. The van der Waals surface area contributed by atoms with Gasteiger partial charge in [-0.25, -0.2) is 0 Å². The quantitative estimate of drug-likeness (QED) is 0.162. The van der Waals surface area contributed by atoms with E-state index < -0.39 is 0 Å². The maximum absolute atomic E-state index is 5.40. The highest BCUT2D eigenvalue weighted by atomic mass is 15.1. The number of fused-ring (bicyclic) bond motifs is 16. The summed E-state index contributed by atoms with van der Waals surface area (Å²) >= 11 is 0. The molecule has 0 atom stereocenters. The first-order chi connectivity index (χ1) is 34.8. The Hall–Kier alpha value is -9.45. The highest BCUT2D eigenvalue weighted by Crippen LogP contribution is 2.45. The van der Waals surface area contributed by atoms with E-state index in [1.165, 1.54) is 21.5 Å². The van der Waals surface area contributed by atoms with Crippen LogP contribution < -0.4 is 0 Å². The second-order valence-electron chi connectivity index (χ2n) is 18.3. The Labute approximate surface area is 401 Å². The van der Waals surface area contributed by atoms with Crippen molar-refractivity contribution in [1.82, 2.24) is 23.3 Å². The number of pyridine rings is 1. The summed E-state index contributed by atoms with van der Waals surface area (Å²) in [5, 5.41) is 12.7. The van der Waals surface area contributed by atoms with Crippen molar-refractivity contribution in [3.63, 3.8) is 0 Å². The van der Waals surface area contributed by atoms with Crippen LogP contribution in [0, 0.1) is 0 Å². The minimum Gasteiger partial charge on any atom is -0.309 e. The molecule has 0 fully saturated rings. The summed E-state index contributed by atoms with van der Waals surface area (Å²) in [5.74, 6) is 0. The Morgan fingerprint density at radius 2 is 0.586 bits per heavy atom. The molecule has 0 amide bonds. The fourth-order valence-corrected chi connectivity index (χ4v) is 11.8. The molecule has 0 spiro atoms. The second kappa shape index (κ2) is 15.0. The van der Waals surface area contributed by atoms with Gasteiger partial charge in [-0.15, -0.1) is 0 Å². The minimum absolute atomic E-state index is 0.937. The molecular formula is C65H41N5. The number of benzene rings is 10. The Bertz CT molecular complexity index is 4600. The van der Waals surface area contributed by atoms with Gasteiger partial charge in [-0.2, -0.15) is 0 Å². The molecule has 70 heavy (non-hydrogen) atoms. The normalized spacial score (nSPS) is 12.0. The molecule has 0 aliphatic rings. The molecule has 0 saturated carbocycles. The molecule has 326 valence electrons. The molecular weight excluding hydrogens is 851 g/mol. The molecule has 5 heteroatoms. The molecule has 0 N–H and O–H groups in total. The molecule has 0 aliphatic heterocycles. The van der Waals surface area contributed by atoms with E-state index in [9.17, 15) is 0 Å². The number of hydrogen-bond acceptors (Lipinski definition) is 1. The van der Waals surface area contributed by atoms with Gasteiger partial charge in [-0.1, -0.05) is 152 Å². The van der Waals surface area contributed by atoms with E-state index in [1.54, 1.807) is 0 Å². The van der Waals surface area contributed by atoms with Crippen LogP contribution in [0.1, 0.15) is 0 Å². The van der Waals surface area contributed by atoms with Crippen molar-refractivity contribution in [2.24, 2.45) is 0 Å². The maximum atomic E-state index is 5.40. The van der Waals surface area contributed by atoms with Crippen molar-refractivity contribution < 1.29 is 0 Å². The average Bonchev–Trinajstić information content (AvgIpc) is 3.95. The van der Waals surface area contributed by atoms with Gasteiger partial charge in [0.1, 0.15) is 0 Å². The zero-order chi connectivity index (χ0) is 45.9. The van der Waals surface area contributed by atoms with E-state index in [-0.39, 0.29) is 0 Å². The van der Waals surface area contributed by atoms with Crippen LogP contribution in [0.2, 0.25) is 0 Å². The lowest BCUT2D eigenvalue weighted by Crippen LogP contribution is -2.08. The van der Waals surface area contributed by atoms with E-state index in [1.807, 2.05) is 6.20 Å². The molecule has 15 aromatic rings. The van der Waals surface area contributed by atoms with Crippen molar-refractivity contribution >= 4 is 109 Å². The van der Waals surface area contributed by atoms with E-state index >= 15 is 0 Å². The van der Waals surface area contributed by atoms with E-state index in [4.69, 9.17) is 4.98 Å². The number of nitrogens with zero attached hydrogens (tertiary/aromatic N) is 5. The maximum Gasteiger partial charge on any atom is 0.0787 e. The van der Waals surface area contributed by atoms with Crippen molar-refractivity contribution in [3.8, 4) is 22.7 Å². The van der Waals surface area contributed by atoms with Crippen molar-refractivity contribution in [2.75, 3.05) is 0 Å². The predicted octanol–water partition coefficient (Wildman–Crippen LogP) is 16.9. The van der Waals surface area contributed by atoms with Gasteiger partial charge in [0.05, 0.1) is 61.0 Å². The summed E-state index contributed by atoms with van der Waals surface area (Å²) < 4.78 is 9.86. The van der Waals surface area contributed by atoms with Crippen LogP contribution in [0.25, 0.3) is 132 Å². The number of rotatable bonds is 4. The van der Waals surface area contributed by atoms with E-state index in [0.717, 1.165) is 110 Å². The Morgan fingerprint density at radius 1 is 0.229 bits per heavy atom. The molecule has 15 rings (SSSR count). The largest absolute Gasteiger partial charge is 0.309 e. The van der Waals surface area contributed by atoms with Gasteiger partial charge in [0.25, 0.3) is 0 Å².